The summed E-state index contributed by atoms with van der Waals surface area (Å²) in [4.78, 5) is 28.8. The van der Waals surface area contributed by atoms with Crippen LogP contribution in [0.1, 0.15) is 26.3 Å². The molecule has 9 heteroatoms. The van der Waals surface area contributed by atoms with E-state index < -0.39 is 23.7 Å². The van der Waals surface area contributed by atoms with Crippen molar-refractivity contribution in [2.24, 2.45) is 7.05 Å². The van der Waals surface area contributed by atoms with Gasteiger partial charge in [-0.1, -0.05) is 0 Å². The molecule has 9 nitrogen and oxygen atoms in total. The zero-order chi connectivity index (χ0) is 18.3. The molecule has 0 spiro atoms. The quantitative estimate of drug-likeness (QED) is 0.749. The van der Waals surface area contributed by atoms with E-state index in [1.165, 1.54) is 18.8 Å². The number of aromatic nitrogens is 5. The Morgan fingerprint density at radius 1 is 1.12 bits per heavy atom. The van der Waals surface area contributed by atoms with Crippen LogP contribution in [0, 0.1) is 0 Å². The highest BCUT2D eigenvalue weighted by Gasteiger charge is 2.22. The van der Waals surface area contributed by atoms with E-state index in [0.29, 0.717) is 16.7 Å². The summed E-state index contributed by atoms with van der Waals surface area (Å²) in [6.07, 6.45) is 2.25. The second-order valence-corrected chi connectivity index (χ2v) is 5.84. The van der Waals surface area contributed by atoms with E-state index in [9.17, 15) is 9.59 Å². The van der Waals surface area contributed by atoms with Crippen molar-refractivity contribution >= 4 is 11.0 Å². The third kappa shape index (κ3) is 2.71. The summed E-state index contributed by atoms with van der Waals surface area (Å²) in [5, 5.41) is 4.14. The average Bonchev–Trinajstić information content (AvgIpc) is 3.21. The summed E-state index contributed by atoms with van der Waals surface area (Å²) in [7, 11) is 4.76. The molecule has 0 aliphatic rings. The molecule has 0 bridgehead atoms. The zero-order valence-corrected chi connectivity index (χ0v) is 14.8. The van der Waals surface area contributed by atoms with Gasteiger partial charge < -0.3 is 14.5 Å². The van der Waals surface area contributed by atoms with Crippen LogP contribution in [0.3, 0.4) is 0 Å². The second kappa shape index (κ2) is 6.34. The lowest BCUT2D eigenvalue weighted by molar-refractivity contribution is 0.0377. The van der Waals surface area contributed by atoms with Gasteiger partial charge in [-0.15, -0.1) is 0 Å². The highest BCUT2D eigenvalue weighted by atomic mass is 16.5. The monoisotopic (exact) mass is 347 g/mol. The first kappa shape index (κ1) is 17.2. The fourth-order valence-electron chi connectivity index (χ4n) is 2.82. The van der Waals surface area contributed by atoms with Gasteiger partial charge >= 0.3 is 5.69 Å². The van der Waals surface area contributed by atoms with Gasteiger partial charge in [0.25, 0.3) is 5.56 Å². The molecule has 0 aliphatic heterocycles. The number of nitrogens with one attached hydrogen (secondary N) is 1. The van der Waals surface area contributed by atoms with Gasteiger partial charge in [-0.2, -0.15) is 5.10 Å². The van der Waals surface area contributed by atoms with E-state index in [2.05, 4.69) is 10.1 Å². The molecular weight excluding hydrogens is 326 g/mol. The molecular formula is C16H21N5O4. The number of hydrogen-bond donors (Lipinski definition) is 1. The lowest BCUT2D eigenvalue weighted by atomic mass is 10.2. The molecule has 0 aliphatic carbocycles. The molecule has 0 saturated carbocycles. The number of H-pyrrole nitrogens is 1. The van der Waals surface area contributed by atoms with Crippen molar-refractivity contribution in [2.75, 3.05) is 14.2 Å². The normalized spacial score (nSPS) is 14.1. The highest BCUT2D eigenvalue weighted by Crippen LogP contribution is 2.23. The van der Waals surface area contributed by atoms with E-state index in [1.54, 1.807) is 30.8 Å². The van der Waals surface area contributed by atoms with Crippen LogP contribution in [0.5, 0.6) is 0 Å². The third-order valence-electron chi connectivity index (χ3n) is 4.33. The summed E-state index contributed by atoms with van der Waals surface area (Å²) in [6.45, 7) is 3.38. The van der Waals surface area contributed by atoms with Gasteiger partial charge in [0.05, 0.1) is 17.4 Å². The van der Waals surface area contributed by atoms with E-state index in [0.717, 1.165) is 10.1 Å². The Hall–Kier alpha value is -2.65. The number of hydrogen-bond acceptors (Lipinski definition) is 5. The summed E-state index contributed by atoms with van der Waals surface area (Å²) in [5.74, 6) is 0. The number of methoxy groups -OCH3 is 2. The maximum absolute atomic E-state index is 12.9. The van der Waals surface area contributed by atoms with Crippen LogP contribution in [-0.4, -0.2) is 38.1 Å². The molecule has 0 fully saturated rings. The van der Waals surface area contributed by atoms with Crippen molar-refractivity contribution in [3.8, 4) is 11.3 Å². The number of fused-ring (bicyclic) bond motifs is 1. The van der Waals surface area contributed by atoms with Gasteiger partial charge in [0.1, 0.15) is 18.0 Å². The van der Waals surface area contributed by atoms with Gasteiger partial charge in [-0.05, 0) is 19.9 Å². The van der Waals surface area contributed by atoms with E-state index >= 15 is 0 Å². The van der Waals surface area contributed by atoms with Crippen molar-refractivity contribution < 1.29 is 9.47 Å². The standard InChI is InChI=1S/C16H21N5O4/c1-9(24-4)20-13-6-12(11-7-17-19(3)8-11)18-14(13)15(22)21(16(20)23)10(2)25-5/h6-10,18H,1-5H3. The molecule has 0 saturated heterocycles. The number of ether oxygens (including phenoxy) is 2. The Bertz CT molecular complexity index is 1030. The topological polar surface area (TPSA) is 96.1 Å². The summed E-state index contributed by atoms with van der Waals surface area (Å²) >= 11 is 0. The Morgan fingerprint density at radius 2 is 1.76 bits per heavy atom. The fraction of sp³-hybridized carbons (Fsp3) is 0.438. The molecule has 0 aromatic carbocycles. The minimum absolute atomic E-state index is 0.311. The van der Waals surface area contributed by atoms with Crippen molar-refractivity contribution in [3.05, 3.63) is 39.3 Å². The highest BCUT2D eigenvalue weighted by molar-refractivity contribution is 5.82. The SMILES string of the molecule is COC(C)n1c(=O)c2[nH]c(-c3cnn(C)c3)cc2n(C(C)OC)c1=O. The Balaban J connectivity index is 2.39. The Kier molecular flexibility index (Phi) is 4.36. The zero-order valence-electron chi connectivity index (χ0n) is 14.8. The van der Waals surface area contributed by atoms with Crippen molar-refractivity contribution in [1.82, 2.24) is 23.9 Å². The molecule has 3 heterocycles. The minimum atomic E-state index is -0.704. The maximum atomic E-state index is 12.9. The molecule has 25 heavy (non-hydrogen) atoms. The number of aryl methyl sites for hydroxylation is 1. The molecule has 2 atom stereocenters. The van der Waals surface area contributed by atoms with E-state index in [4.69, 9.17) is 9.47 Å². The van der Waals surface area contributed by atoms with Gasteiger partial charge in [0.2, 0.25) is 0 Å². The minimum Gasteiger partial charge on any atom is -0.361 e. The molecule has 3 rings (SSSR count). The smallest absolute Gasteiger partial charge is 0.335 e. The molecule has 2 unspecified atom stereocenters. The predicted octanol–water partition coefficient (Wildman–Crippen LogP) is 1.22. The third-order valence-corrected chi connectivity index (χ3v) is 4.33. The molecule has 3 aromatic heterocycles. The lowest BCUT2D eigenvalue weighted by Crippen LogP contribution is -2.43. The molecule has 0 radical (unpaired) electrons. The lowest BCUT2D eigenvalue weighted by Gasteiger charge is -2.19. The largest absolute Gasteiger partial charge is 0.361 e. The number of aromatic amines is 1. The van der Waals surface area contributed by atoms with Crippen molar-refractivity contribution in [1.29, 1.82) is 0 Å². The number of rotatable bonds is 5. The van der Waals surface area contributed by atoms with Crippen LogP contribution in [0.25, 0.3) is 22.3 Å². The number of nitrogens with zero attached hydrogens (tertiary/aromatic N) is 4. The first-order chi connectivity index (χ1) is 11.9. The van der Waals surface area contributed by atoms with Crippen molar-refractivity contribution in [3.63, 3.8) is 0 Å². The molecule has 1 N–H and O–H groups in total. The fourth-order valence-corrected chi connectivity index (χ4v) is 2.82. The van der Waals surface area contributed by atoms with Gasteiger partial charge in [0.15, 0.2) is 0 Å². The summed E-state index contributed by atoms with van der Waals surface area (Å²) in [6, 6.07) is 1.76. The summed E-state index contributed by atoms with van der Waals surface area (Å²) < 4.78 is 14.7. The van der Waals surface area contributed by atoms with Crippen molar-refractivity contribution in [2.45, 2.75) is 26.3 Å². The Labute approximate surface area is 143 Å². The first-order valence-corrected chi connectivity index (χ1v) is 7.83. The van der Waals surface area contributed by atoms with Crippen LogP contribution in [0.15, 0.2) is 28.0 Å². The van der Waals surface area contributed by atoms with Crippen LogP contribution in [0.4, 0.5) is 0 Å². The molecule has 3 aromatic rings. The van der Waals surface area contributed by atoms with Crippen LogP contribution < -0.4 is 11.2 Å². The summed E-state index contributed by atoms with van der Waals surface area (Å²) in [5.41, 5.74) is 1.36. The Morgan fingerprint density at radius 3 is 2.32 bits per heavy atom. The van der Waals surface area contributed by atoms with Gasteiger partial charge in [-0.3, -0.25) is 14.0 Å². The van der Waals surface area contributed by atoms with Crippen LogP contribution in [0.2, 0.25) is 0 Å². The average molecular weight is 347 g/mol. The maximum Gasteiger partial charge on any atom is 0.335 e. The van der Waals surface area contributed by atoms with Crippen LogP contribution in [-0.2, 0) is 16.5 Å². The van der Waals surface area contributed by atoms with E-state index in [1.807, 2.05) is 13.2 Å². The first-order valence-electron chi connectivity index (χ1n) is 7.83. The second-order valence-electron chi connectivity index (χ2n) is 5.84. The van der Waals surface area contributed by atoms with Crippen LogP contribution >= 0.6 is 0 Å². The van der Waals surface area contributed by atoms with Gasteiger partial charge in [-0.25, -0.2) is 9.36 Å². The molecule has 134 valence electrons. The van der Waals surface area contributed by atoms with Gasteiger partial charge in [0, 0.05) is 33.0 Å². The van der Waals surface area contributed by atoms with E-state index in [-0.39, 0.29) is 0 Å². The molecule has 0 amide bonds. The predicted molar refractivity (Wildman–Crippen MR) is 92.5 cm³/mol.